The van der Waals surface area contributed by atoms with Gasteiger partial charge in [-0.3, -0.25) is 4.79 Å². The molecular formula is C23H27N3O3S. The summed E-state index contributed by atoms with van der Waals surface area (Å²) >= 11 is 5.56. The summed E-state index contributed by atoms with van der Waals surface area (Å²) in [4.78, 5) is 17.4. The molecule has 3 rings (SSSR count). The SMILES string of the molecule is CCOc1ccc2[nH]c(=O)c(CN(CC(C)O)C(=S)NCc3ccccc3)cc2c1. The summed E-state index contributed by atoms with van der Waals surface area (Å²) in [6, 6.07) is 17.4. The molecule has 0 spiro atoms. The van der Waals surface area contributed by atoms with Crippen molar-refractivity contribution in [2.75, 3.05) is 13.2 Å². The molecule has 0 aliphatic carbocycles. The van der Waals surface area contributed by atoms with Crippen LogP contribution in [0.25, 0.3) is 10.9 Å². The van der Waals surface area contributed by atoms with Gasteiger partial charge in [0.1, 0.15) is 5.75 Å². The van der Waals surface area contributed by atoms with E-state index in [0.29, 0.717) is 30.4 Å². The molecule has 1 aromatic heterocycles. The Morgan fingerprint density at radius 3 is 2.70 bits per heavy atom. The second-order valence-corrected chi connectivity index (χ2v) is 7.57. The standard InChI is InChI=1S/C23H27N3O3S/c1-3-29-20-9-10-21-18(12-20)11-19(22(28)25-21)15-26(14-16(2)27)23(30)24-13-17-7-5-4-6-8-17/h4-12,16,27H,3,13-15H2,1-2H3,(H,24,30)(H,25,28). The van der Waals surface area contributed by atoms with E-state index in [9.17, 15) is 9.90 Å². The van der Waals surface area contributed by atoms with Crippen LogP contribution < -0.4 is 15.6 Å². The predicted molar refractivity (Wildman–Crippen MR) is 124 cm³/mol. The van der Waals surface area contributed by atoms with Crippen LogP contribution in [0, 0.1) is 0 Å². The highest BCUT2D eigenvalue weighted by Crippen LogP contribution is 2.19. The van der Waals surface area contributed by atoms with Gasteiger partial charge in [-0.1, -0.05) is 30.3 Å². The number of nitrogens with one attached hydrogen (secondary N) is 2. The van der Waals surface area contributed by atoms with Crippen LogP contribution in [0.5, 0.6) is 5.75 Å². The number of benzene rings is 2. The molecule has 158 valence electrons. The number of hydrogen-bond acceptors (Lipinski definition) is 4. The van der Waals surface area contributed by atoms with Crippen molar-refractivity contribution >= 4 is 28.2 Å². The maximum atomic E-state index is 12.6. The first kappa shape index (κ1) is 21.8. The lowest BCUT2D eigenvalue weighted by atomic mass is 10.1. The number of pyridine rings is 1. The van der Waals surface area contributed by atoms with Gasteiger partial charge in [-0.15, -0.1) is 0 Å². The van der Waals surface area contributed by atoms with Gasteiger partial charge < -0.3 is 25.0 Å². The first-order chi connectivity index (χ1) is 14.5. The molecule has 1 unspecified atom stereocenters. The second kappa shape index (κ2) is 10.2. The summed E-state index contributed by atoms with van der Waals surface area (Å²) in [7, 11) is 0. The van der Waals surface area contributed by atoms with Crippen LogP contribution in [0.1, 0.15) is 25.0 Å². The highest BCUT2D eigenvalue weighted by Gasteiger charge is 2.15. The van der Waals surface area contributed by atoms with E-state index in [0.717, 1.165) is 22.2 Å². The number of aromatic nitrogens is 1. The van der Waals surface area contributed by atoms with E-state index in [1.165, 1.54) is 0 Å². The third-order valence-corrected chi connectivity index (χ3v) is 5.03. The highest BCUT2D eigenvalue weighted by molar-refractivity contribution is 7.80. The Hall–Kier alpha value is -2.90. The Balaban J connectivity index is 1.80. The number of aromatic amines is 1. The first-order valence-electron chi connectivity index (χ1n) is 9.99. The predicted octanol–water partition coefficient (Wildman–Crippen LogP) is 3.18. The van der Waals surface area contributed by atoms with Gasteiger partial charge in [0.2, 0.25) is 0 Å². The lowest BCUT2D eigenvalue weighted by Gasteiger charge is -2.27. The van der Waals surface area contributed by atoms with Crippen LogP contribution in [-0.4, -0.2) is 39.4 Å². The van der Waals surface area contributed by atoms with Crippen molar-refractivity contribution in [1.82, 2.24) is 15.2 Å². The molecule has 0 aliphatic rings. The van der Waals surface area contributed by atoms with Gasteiger partial charge in [-0.05, 0) is 55.9 Å². The largest absolute Gasteiger partial charge is 0.494 e. The van der Waals surface area contributed by atoms with Crippen molar-refractivity contribution < 1.29 is 9.84 Å². The fourth-order valence-corrected chi connectivity index (χ4v) is 3.44. The third kappa shape index (κ3) is 5.81. The summed E-state index contributed by atoms with van der Waals surface area (Å²) in [5.41, 5.74) is 2.25. The maximum absolute atomic E-state index is 12.6. The van der Waals surface area contributed by atoms with E-state index in [1.54, 1.807) is 6.92 Å². The molecular weight excluding hydrogens is 398 g/mol. The zero-order valence-electron chi connectivity index (χ0n) is 17.2. The molecule has 3 aromatic rings. The average Bonchev–Trinajstić information content (AvgIpc) is 2.73. The van der Waals surface area contributed by atoms with Crippen LogP contribution in [0.2, 0.25) is 0 Å². The van der Waals surface area contributed by atoms with E-state index in [1.807, 2.05) is 66.4 Å². The molecule has 30 heavy (non-hydrogen) atoms. The number of hydrogen-bond donors (Lipinski definition) is 3. The molecule has 0 bridgehead atoms. The molecule has 1 atom stereocenters. The summed E-state index contributed by atoms with van der Waals surface area (Å²) < 4.78 is 5.56. The van der Waals surface area contributed by atoms with Gasteiger partial charge >= 0.3 is 0 Å². The highest BCUT2D eigenvalue weighted by atomic mass is 32.1. The topological polar surface area (TPSA) is 77.6 Å². The molecule has 0 saturated heterocycles. The van der Waals surface area contributed by atoms with Gasteiger partial charge in [-0.25, -0.2) is 0 Å². The molecule has 0 amide bonds. The lowest BCUT2D eigenvalue weighted by molar-refractivity contribution is 0.156. The monoisotopic (exact) mass is 425 g/mol. The zero-order chi connectivity index (χ0) is 21.5. The van der Waals surface area contributed by atoms with Crippen LogP contribution >= 0.6 is 12.2 Å². The normalized spacial score (nSPS) is 11.8. The number of H-pyrrole nitrogens is 1. The quantitative estimate of drug-likeness (QED) is 0.481. The Kier molecular flexibility index (Phi) is 7.43. The van der Waals surface area contributed by atoms with Crippen molar-refractivity contribution in [3.8, 4) is 5.75 Å². The summed E-state index contributed by atoms with van der Waals surface area (Å²) in [5.74, 6) is 0.754. The Bertz CT molecular complexity index is 1050. The van der Waals surface area contributed by atoms with Crippen molar-refractivity contribution in [3.63, 3.8) is 0 Å². The number of thiocarbonyl (C=S) groups is 1. The fraction of sp³-hybridized carbons (Fsp3) is 0.304. The number of rotatable bonds is 8. The van der Waals surface area contributed by atoms with Crippen LogP contribution in [-0.2, 0) is 13.1 Å². The van der Waals surface area contributed by atoms with E-state index < -0.39 is 6.10 Å². The number of ether oxygens (including phenoxy) is 1. The molecule has 0 radical (unpaired) electrons. The molecule has 6 nitrogen and oxygen atoms in total. The molecule has 7 heteroatoms. The van der Waals surface area contributed by atoms with Crippen molar-refractivity contribution in [1.29, 1.82) is 0 Å². The number of nitrogens with zero attached hydrogens (tertiary/aromatic N) is 1. The van der Waals surface area contributed by atoms with Gasteiger partial charge in [0, 0.05) is 29.6 Å². The molecule has 3 N–H and O–H groups in total. The average molecular weight is 426 g/mol. The van der Waals surface area contributed by atoms with E-state index in [-0.39, 0.29) is 12.1 Å². The van der Waals surface area contributed by atoms with Crippen molar-refractivity contribution in [3.05, 3.63) is 76.1 Å². The van der Waals surface area contributed by atoms with E-state index >= 15 is 0 Å². The smallest absolute Gasteiger partial charge is 0.253 e. The Morgan fingerprint density at radius 2 is 2.00 bits per heavy atom. The van der Waals surface area contributed by atoms with E-state index in [4.69, 9.17) is 17.0 Å². The molecule has 2 aromatic carbocycles. The van der Waals surface area contributed by atoms with Gasteiger partial charge in [0.25, 0.3) is 5.56 Å². The minimum Gasteiger partial charge on any atom is -0.494 e. The Morgan fingerprint density at radius 1 is 1.23 bits per heavy atom. The molecule has 0 saturated carbocycles. The second-order valence-electron chi connectivity index (χ2n) is 7.18. The maximum Gasteiger partial charge on any atom is 0.253 e. The van der Waals surface area contributed by atoms with Gasteiger partial charge in [0.15, 0.2) is 5.11 Å². The van der Waals surface area contributed by atoms with Crippen LogP contribution in [0.4, 0.5) is 0 Å². The Labute approximate surface area is 181 Å². The molecule has 0 aliphatic heterocycles. The fourth-order valence-electron chi connectivity index (χ4n) is 3.23. The summed E-state index contributed by atoms with van der Waals surface area (Å²) in [6.45, 7) is 5.38. The summed E-state index contributed by atoms with van der Waals surface area (Å²) in [5, 5.41) is 14.5. The summed E-state index contributed by atoms with van der Waals surface area (Å²) in [6.07, 6.45) is -0.592. The minimum atomic E-state index is -0.592. The molecule has 1 heterocycles. The molecule has 0 fully saturated rings. The number of fused-ring (bicyclic) bond motifs is 1. The number of aliphatic hydroxyl groups is 1. The first-order valence-corrected chi connectivity index (χ1v) is 10.4. The van der Waals surface area contributed by atoms with Gasteiger partial charge in [0.05, 0.1) is 19.3 Å². The lowest BCUT2D eigenvalue weighted by Crippen LogP contribution is -2.43. The van der Waals surface area contributed by atoms with E-state index in [2.05, 4.69) is 10.3 Å². The number of aliphatic hydroxyl groups excluding tert-OH is 1. The van der Waals surface area contributed by atoms with Crippen LogP contribution in [0.3, 0.4) is 0 Å². The van der Waals surface area contributed by atoms with Crippen molar-refractivity contribution in [2.45, 2.75) is 33.0 Å². The third-order valence-electron chi connectivity index (χ3n) is 4.62. The van der Waals surface area contributed by atoms with Gasteiger partial charge in [-0.2, -0.15) is 0 Å². The minimum absolute atomic E-state index is 0.173. The van der Waals surface area contributed by atoms with Crippen LogP contribution in [0.15, 0.2) is 59.4 Å². The zero-order valence-corrected chi connectivity index (χ0v) is 18.0. The van der Waals surface area contributed by atoms with Crippen molar-refractivity contribution in [2.24, 2.45) is 0 Å².